The van der Waals surface area contributed by atoms with Gasteiger partial charge < -0.3 is 49.5 Å². The number of hydrogen-bond acceptors (Lipinski definition) is 19. The molecule has 57 heavy (non-hydrogen) atoms. The van der Waals surface area contributed by atoms with Crippen LogP contribution < -0.4 is 60.2 Å². The van der Waals surface area contributed by atoms with Crippen LogP contribution in [0.25, 0.3) is 0 Å². The summed E-state index contributed by atoms with van der Waals surface area (Å²) < 4.78 is 0. The Balaban J connectivity index is 1.09. The number of carbonyl (C=O) groups is 2. The van der Waals surface area contributed by atoms with E-state index in [0.29, 0.717) is 76.3 Å². The summed E-state index contributed by atoms with van der Waals surface area (Å²) in [7, 11) is 0. The maximum absolute atomic E-state index is 12.7. The van der Waals surface area contributed by atoms with Gasteiger partial charge in [0.15, 0.2) is 56.9 Å². The summed E-state index contributed by atoms with van der Waals surface area (Å²) in [5, 5.41) is 8.00. The van der Waals surface area contributed by atoms with E-state index in [4.69, 9.17) is 72.6 Å². The van der Waals surface area contributed by atoms with E-state index in [9.17, 15) is 9.59 Å². The van der Waals surface area contributed by atoms with E-state index in [1.54, 1.807) is 12.4 Å². The first-order valence-corrected chi connectivity index (χ1v) is 18.4. The lowest BCUT2D eigenvalue weighted by Gasteiger charge is -2.33. The van der Waals surface area contributed by atoms with Gasteiger partial charge in [-0.2, -0.15) is 15.0 Å². The number of aliphatic imine (C=N–C) groups is 2. The van der Waals surface area contributed by atoms with Crippen molar-refractivity contribution in [2.45, 2.75) is 44.2 Å². The van der Waals surface area contributed by atoms with E-state index in [1.165, 1.54) is 0 Å². The molecule has 300 valence electrons. The molecule has 25 heteroatoms. The first-order valence-electron chi connectivity index (χ1n) is 17.7. The number of rotatable bonds is 10. The van der Waals surface area contributed by atoms with Gasteiger partial charge in [-0.15, -0.1) is 0 Å². The number of guanidine groups is 2. The van der Waals surface area contributed by atoms with Crippen molar-refractivity contribution in [3.05, 3.63) is 51.8 Å². The summed E-state index contributed by atoms with van der Waals surface area (Å²) in [5.74, 6) is -0.759. The Labute approximate surface area is 335 Å². The normalized spacial score (nSPS) is 15.7. The molecular weight excluding hydrogens is 781 g/mol. The van der Waals surface area contributed by atoms with E-state index in [-0.39, 0.29) is 69.0 Å². The Morgan fingerprint density at radius 1 is 0.667 bits per heavy atom. The molecule has 0 unspecified atom stereocenters. The maximum Gasteiger partial charge on any atom is 0.280 e. The summed E-state index contributed by atoms with van der Waals surface area (Å²) in [5.41, 5.74) is 35.6. The second kappa shape index (κ2) is 17.9. The fraction of sp³-hybridized carbons (Fsp3) is 0.375. The molecule has 0 saturated carbocycles. The van der Waals surface area contributed by atoms with Crippen LogP contribution in [0.5, 0.6) is 0 Å². The van der Waals surface area contributed by atoms with E-state index in [0.717, 1.165) is 12.0 Å². The van der Waals surface area contributed by atoms with Crippen LogP contribution in [0.4, 0.5) is 41.1 Å². The molecule has 0 bridgehead atoms. The predicted molar refractivity (Wildman–Crippen MR) is 217 cm³/mol. The molecule has 2 aliphatic rings. The largest absolute Gasteiger partial charge is 0.382 e. The third-order valence-corrected chi connectivity index (χ3v) is 9.48. The summed E-state index contributed by atoms with van der Waals surface area (Å²) in [6.45, 7) is 2.81. The Morgan fingerprint density at radius 3 is 1.54 bits per heavy atom. The Kier molecular flexibility index (Phi) is 12.6. The highest BCUT2D eigenvalue weighted by molar-refractivity contribution is 6.32. The molecule has 6 rings (SSSR count). The van der Waals surface area contributed by atoms with Crippen molar-refractivity contribution in [3.8, 4) is 0 Å². The van der Waals surface area contributed by atoms with Gasteiger partial charge in [0.25, 0.3) is 11.8 Å². The number of aromatic nitrogens is 8. The highest BCUT2D eigenvalue weighted by atomic mass is 35.5. The molecule has 6 heterocycles. The molecule has 2 aliphatic heterocycles. The molecule has 0 spiro atoms. The summed E-state index contributed by atoms with van der Waals surface area (Å²) in [6.07, 6.45) is 6.64. The van der Waals surface area contributed by atoms with Gasteiger partial charge in [0.05, 0.1) is 12.1 Å². The Morgan fingerprint density at radius 2 is 1.11 bits per heavy atom. The van der Waals surface area contributed by atoms with E-state index < -0.39 is 11.8 Å². The van der Waals surface area contributed by atoms with Gasteiger partial charge in [-0.1, -0.05) is 23.2 Å². The van der Waals surface area contributed by atoms with E-state index in [1.807, 2.05) is 12.1 Å². The molecular formula is C32H41Cl2N21O2. The van der Waals surface area contributed by atoms with Crippen molar-refractivity contribution in [1.82, 2.24) is 50.5 Å². The quantitative estimate of drug-likeness (QED) is 0.0723. The van der Waals surface area contributed by atoms with Crippen LogP contribution in [-0.4, -0.2) is 108 Å². The van der Waals surface area contributed by atoms with Crippen LogP contribution >= 0.6 is 23.2 Å². The lowest BCUT2D eigenvalue weighted by Crippen LogP contribution is -2.42. The molecule has 2 fully saturated rings. The van der Waals surface area contributed by atoms with Crippen LogP contribution in [0.1, 0.15) is 52.2 Å². The van der Waals surface area contributed by atoms with Gasteiger partial charge in [0.2, 0.25) is 17.8 Å². The fourth-order valence-electron chi connectivity index (χ4n) is 6.00. The number of anilines is 7. The third-order valence-electron chi connectivity index (χ3n) is 8.92. The molecule has 0 atom stereocenters. The zero-order valence-electron chi connectivity index (χ0n) is 30.4. The number of nitrogens with two attached hydrogens (primary N) is 6. The minimum atomic E-state index is -0.714. The average Bonchev–Trinajstić information content (AvgIpc) is 3.18. The molecule has 0 radical (unpaired) electrons. The number of carbonyl (C=O) groups excluding carboxylic acids is 2. The van der Waals surface area contributed by atoms with Crippen molar-refractivity contribution in [1.29, 1.82) is 0 Å². The molecule has 15 N–H and O–H groups in total. The van der Waals surface area contributed by atoms with Crippen LogP contribution in [0.15, 0.2) is 34.5 Å². The number of halogens is 2. The SMILES string of the molecule is NC(=NC1CCN(c2nc(NCCc3ccncc3)nc(N3CCC(N=C(N)NC(=O)c4nc(Cl)c(N)nc4N)CC3)n2)CC1)NC(=O)c1nc(Cl)c(N)nc1N. The lowest BCUT2D eigenvalue weighted by atomic mass is 10.1. The van der Waals surface area contributed by atoms with Crippen LogP contribution in [0.3, 0.4) is 0 Å². The lowest BCUT2D eigenvalue weighted by molar-refractivity contribution is 0.0963. The van der Waals surface area contributed by atoms with Crippen molar-refractivity contribution in [3.63, 3.8) is 0 Å². The second-order valence-electron chi connectivity index (χ2n) is 12.9. The highest BCUT2D eigenvalue weighted by Crippen LogP contribution is 2.25. The van der Waals surface area contributed by atoms with E-state index >= 15 is 0 Å². The summed E-state index contributed by atoms with van der Waals surface area (Å²) >= 11 is 11.8. The van der Waals surface area contributed by atoms with Crippen molar-refractivity contribution >= 4 is 88.1 Å². The molecule has 4 aromatic rings. The smallest absolute Gasteiger partial charge is 0.280 e. The fourth-order valence-corrected chi connectivity index (χ4v) is 6.25. The molecule has 2 amide bonds. The number of nitrogens with one attached hydrogen (secondary N) is 3. The number of amides is 2. The topological polar surface area (TPSA) is 361 Å². The molecule has 23 nitrogen and oxygen atoms in total. The summed E-state index contributed by atoms with van der Waals surface area (Å²) in [6, 6.07) is 3.53. The highest BCUT2D eigenvalue weighted by Gasteiger charge is 2.27. The zero-order chi connectivity index (χ0) is 40.6. The number of nitrogens with zero attached hydrogens (tertiary/aromatic N) is 12. The minimum absolute atomic E-state index is 0.0944. The van der Waals surface area contributed by atoms with Gasteiger partial charge in [-0.05, 0) is 49.8 Å². The van der Waals surface area contributed by atoms with Gasteiger partial charge >= 0.3 is 0 Å². The minimum Gasteiger partial charge on any atom is -0.382 e. The molecule has 0 aliphatic carbocycles. The van der Waals surface area contributed by atoms with Crippen LogP contribution in [-0.2, 0) is 6.42 Å². The number of hydrogen-bond donors (Lipinski definition) is 9. The Bertz CT molecular complexity index is 2030. The van der Waals surface area contributed by atoms with Gasteiger partial charge in [-0.25, -0.2) is 29.9 Å². The molecule has 0 aromatic carbocycles. The molecule has 2 saturated heterocycles. The third kappa shape index (κ3) is 10.4. The molecule has 4 aromatic heterocycles. The average molecular weight is 823 g/mol. The van der Waals surface area contributed by atoms with Gasteiger partial charge in [-0.3, -0.25) is 25.2 Å². The number of nitrogen functional groups attached to an aromatic ring is 4. The second-order valence-corrected chi connectivity index (χ2v) is 13.6. The first-order chi connectivity index (χ1) is 27.3. The Hall–Kier alpha value is -6.62. The zero-order valence-corrected chi connectivity index (χ0v) is 32.0. The maximum atomic E-state index is 12.7. The summed E-state index contributed by atoms with van der Waals surface area (Å²) in [4.78, 5) is 72.4. The van der Waals surface area contributed by atoms with Crippen LogP contribution in [0.2, 0.25) is 10.3 Å². The first kappa shape index (κ1) is 40.1. The standard InChI is InChI=1S/C32H41Cl2N21O2/c33-20-24(37)47-22(35)18(45-20)26(56)49-28(39)43-16-4-11-54(12-5-16)31-51-30(42-10-3-15-1-8-41-9-2-15)52-32(53-31)55-13-6-17(7-14-55)44-29(40)50-27(57)19-23(36)48-25(38)21(34)46-19/h1-2,8-9,16-17H,3-7,10-14H2,(H4,35,37,47)(H4,36,38,48)(H3,39,43,49,56)(H3,40,44,50,57)(H,42,51,52,53). The number of piperidine rings is 2. The van der Waals surface area contributed by atoms with Gasteiger partial charge in [0, 0.05) is 45.1 Å². The predicted octanol–water partition coefficient (Wildman–Crippen LogP) is -0.436. The van der Waals surface area contributed by atoms with Crippen molar-refractivity contribution in [2.75, 3.05) is 70.8 Å². The number of pyridine rings is 1. The van der Waals surface area contributed by atoms with Crippen LogP contribution in [0, 0.1) is 0 Å². The van der Waals surface area contributed by atoms with Crippen molar-refractivity contribution in [2.24, 2.45) is 21.5 Å². The van der Waals surface area contributed by atoms with Gasteiger partial charge in [0.1, 0.15) is 0 Å². The van der Waals surface area contributed by atoms with E-state index in [2.05, 4.69) is 60.7 Å². The monoisotopic (exact) mass is 821 g/mol. The van der Waals surface area contributed by atoms with Crippen molar-refractivity contribution < 1.29 is 9.59 Å².